The fraction of sp³-hybridized carbons (Fsp3) is 0.200. The fourth-order valence-electron chi connectivity index (χ4n) is 1.51. The summed E-state index contributed by atoms with van der Waals surface area (Å²) in [5.74, 6) is -0.372. The minimum Gasteiger partial charge on any atom is -0.493 e. The zero-order valence-corrected chi connectivity index (χ0v) is 9.81. The quantitative estimate of drug-likeness (QED) is 0.716. The highest BCUT2D eigenvalue weighted by molar-refractivity contribution is 7.87. The molecule has 0 spiro atoms. The Kier molecular flexibility index (Phi) is 2.95. The Morgan fingerprint density at radius 3 is 2.29 bits per heavy atom. The number of nitrogens with two attached hydrogens (primary N) is 1. The maximum absolute atomic E-state index is 11.5. The Morgan fingerprint density at radius 1 is 1.24 bits per heavy atom. The highest BCUT2D eigenvalue weighted by Crippen LogP contribution is 2.15. The molecule has 0 amide bonds. The number of aliphatic hydroxyl groups is 1. The van der Waals surface area contributed by atoms with Gasteiger partial charge in [0.1, 0.15) is 0 Å². The van der Waals surface area contributed by atoms with Gasteiger partial charge in [0.05, 0.1) is 12.7 Å². The molecule has 2 rings (SSSR count). The topological polar surface area (TPSA) is 95.7 Å². The van der Waals surface area contributed by atoms with Crippen molar-refractivity contribution < 1.29 is 13.5 Å². The molecule has 0 unspecified atom stereocenters. The van der Waals surface area contributed by atoms with Gasteiger partial charge < -0.3 is 10.8 Å². The third-order valence-corrected chi connectivity index (χ3v) is 3.72. The first-order valence-electron chi connectivity index (χ1n) is 4.99. The van der Waals surface area contributed by atoms with Crippen molar-refractivity contribution in [3.63, 3.8) is 0 Å². The first-order chi connectivity index (χ1) is 8.01. The van der Waals surface area contributed by atoms with Gasteiger partial charge in [-0.2, -0.15) is 8.42 Å². The van der Waals surface area contributed by atoms with E-state index in [0.29, 0.717) is 6.54 Å². The molecule has 0 aliphatic carbocycles. The van der Waals surface area contributed by atoms with Crippen LogP contribution in [0.15, 0.2) is 36.3 Å². The normalized spacial score (nSPS) is 17.7. The zero-order valence-electron chi connectivity index (χ0n) is 9.00. The highest BCUT2D eigenvalue weighted by atomic mass is 32.2. The summed E-state index contributed by atoms with van der Waals surface area (Å²) < 4.78 is 26.0. The highest BCUT2D eigenvalue weighted by Gasteiger charge is 2.26. The summed E-state index contributed by atoms with van der Waals surface area (Å²) in [5, 5.41) is 9.11. The predicted molar refractivity (Wildman–Crippen MR) is 62.6 cm³/mol. The van der Waals surface area contributed by atoms with Crippen LogP contribution in [0.25, 0.3) is 0 Å². The van der Waals surface area contributed by atoms with Gasteiger partial charge in [0, 0.05) is 6.54 Å². The maximum Gasteiger partial charge on any atom is 0.326 e. The molecule has 0 fully saturated rings. The van der Waals surface area contributed by atoms with Crippen molar-refractivity contribution in [2.24, 2.45) is 5.73 Å². The summed E-state index contributed by atoms with van der Waals surface area (Å²) in [5.41, 5.74) is 7.27. The number of benzene rings is 1. The summed E-state index contributed by atoms with van der Waals surface area (Å²) in [6.45, 7) is 0.620. The lowest BCUT2D eigenvalue weighted by Crippen LogP contribution is -2.29. The van der Waals surface area contributed by atoms with Crippen LogP contribution in [0.1, 0.15) is 11.1 Å². The number of aliphatic hydroxyl groups excluding tert-OH is 1. The third-order valence-electron chi connectivity index (χ3n) is 2.41. The minimum absolute atomic E-state index is 0.171. The molecule has 17 heavy (non-hydrogen) atoms. The van der Waals surface area contributed by atoms with E-state index in [-0.39, 0.29) is 12.4 Å². The van der Waals surface area contributed by atoms with Crippen molar-refractivity contribution in [1.29, 1.82) is 0 Å². The standard InChI is InChI=1S/C10H13N3O3S/c11-5-8-1-3-9(4-2-8)6-13-7-10(14)12-17(13,15)16/h1-4,7,12,14H,5-6,11H2. The van der Waals surface area contributed by atoms with Gasteiger partial charge in [0.2, 0.25) is 5.88 Å². The summed E-state index contributed by atoms with van der Waals surface area (Å²) in [6.07, 6.45) is 1.15. The van der Waals surface area contributed by atoms with Crippen molar-refractivity contribution in [2.75, 3.05) is 0 Å². The molecule has 0 bridgehead atoms. The Labute approximate surface area is 99.5 Å². The van der Waals surface area contributed by atoms with Crippen molar-refractivity contribution in [1.82, 2.24) is 9.03 Å². The number of nitrogens with zero attached hydrogens (tertiary/aromatic N) is 1. The molecule has 7 heteroatoms. The van der Waals surface area contributed by atoms with Crippen LogP contribution in [0, 0.1) is 0 Å². The van der Waals surface area contributed by atoms with Crippen molar-refractivity contribution in [3.05, 3.63) is 47.5 Å². The molecule has 4 N–H and O–H groups in total. The minimum atomic E-state index is -3.63. The molecule has 6 nitrogen and oxygen atoms in total. The maximum atomic E-state index is 11.5. The van der Waals surface area contributed by atoms with E-state index in [0.717, 1.165) is 21.6 Å². The molecular weight excluding hydrogens is 242 g/mol. The van der Waals surface area contributed by atoms with Gasteiger partial charge in [-0.3, -0.25) is 4.31 Å². The van der Waals surface area contributed by atoms with Gasteiger partial charge in [0.25, 0.3) is 0 Å². The molecule has 0 aromatic heterocycles. The lowest BCUT2D eigenvalue weighted by Gasteiger charge is -2.13. The largest absolute Gasteiger partial charge is 0.493 e. The van der Waals surface area contributed by atoms with Gasteiger partial charge >= 0.3 is 10.2 Å². The third kappa shape index (κ3) is 2.51. The SMILES string of the molecule is NCc1ccc(CN2C=C(O)NS2(=O)=O)cc1. The smallest absolute Gasteiger partial charge is 0.326 e. The summed E-state index contributed by atoms with van der Waals surface area (Å²) in [4.78, 5) is 0. The molecule has 0 radical (unpaired) electrons. The Balaban J connectivity index is 2.15. The second-order valence-corrected chi connectivity index (χ2v) is 5.31. The van der Waals surface area contributed by atoms with E-state index in [1.165, 1.54) is 0 Å². The molecular formula is C10H13N3O3S. The van der Waals surface area contributed by atoms with E-state index < -0.39 is 10.2 Å². The van der Waals surface area contributed by atoms with Gasteiger partial charge in [0.15, 0.2) is 0 Å². The van der Waals surface area contributed by atoms with Crippen LogP contribution in [0.3, 0.4) is 0 Å². The summed E-state index contributed by atoms with van der Waals surface area (Å²) in [7, 11) is -3.63. The van der Waals surface area contributed by atoms with Crippen LogP contribution in [-0.4, -0.2) is 17.8 Å². The second kappa shape index (κ2) is 4.27. The molecule has 1 aliphatic heterocycles. The predicted octanol–water partition coefficient (Wildman–Crippen LogP) is 0.152. The second-order valence-electron chi connectivity index (χ2n) is 3.69. The average molecular weight is 255 g/mol. The molecule has 1 aromatic carbocycles. The van der Waals surface area contributed by atoms with Crippen LogP contribution in [-0.2, 0) is 23.3 Å². The first kappa shape index (κ1) is 11.7. The summed E-state index contributed by atoms with van der Waals surface area (Å²) in [6, 6.07) is 7.30. The van der Waals surface area contributed by atoms with Gasteiger partial charge in [-0.05, 0) is 11.1 Å². The Hall–Kier alpha value is -1.73. The molecule has 1 aromatic rings. The molecule has 0 saturated carbocycles. The van der Waals surface area contributed by atoms with Gasteiger partial charge in [-0.25, -0.2) is 4.72 Å². The van der Waals surface area contributed by atoms with E-state index in [9.17, 15) is 8.42 Å². The van der Waals surface area contributed by atoms with Crippen LogP contribution in [0.5, 0.6) is 0 Å². The lowest BCUT2D eigenvalue weighted by molar-refractivity contribution is 0.390. The van der Waals surface area contributed by atoms with Gasteiger partial charge in [-0.15, -0.1) is 0 Å². The number of nitrogens with one attached hydrogen (secondary N) is 1. The van der Waals surface area contributed by atoms with Crippen molar-refractivity contribution in [2.45, 2.75) is 13.1 Å². The van der Waals surface area contributed by atoms with E-state index in [1.807, 2.05) is 16.9 Å². The number of hydrogen-bond donors (Lipinski definition) is 3. The van der Waals surface area contributed by atoms with Crippen LogP contribution >= 0.6 is 0 Å². The van der Waals surface area contributed by atoms with Crippen molar-refractivity contribution >= 4 is 10.2 Å². The number of rotatable bonds is 3. The first-order valence-corrected chi connectivity index (χ1v) is 6.43. The molecule has 0 saturated heterocycles. The van der Waals surface area contributed by atoms with E-state index in [2.05, 4.69) is 0 Å². The Bertz CT molecular complexity index is 536. The van der Waals surface area contributed by atoms with Gasteiger partial charge in [-0.1, -0.05) is 24.3 Å². The van der Waals surface area contributed by atoms with E-state index >= 15 is 0 Å². The molecule has 0 atom stereocenters. The summed E-state index contributed by atoms with van der Waals surface area (Å²) >= 11 is 0. The molecule has 1 heterocycles. The molecule has 1 aliphatic rings. The monoisotopic (exact) mass is 255 g/mol. The van der Waals surface area contributed by atoms with Crippen molar-refractivity contribution in [3.8, 4) is 0 Å². The zero-order chi connectivity index (χ0) is 12.5. The van der Waals surface area contributed by atoms with Crippen LogP contribution in [0.2, 0.25) is 0 Å². The average Bonchev–Trinajstić information content (AvgIpc) is 2.53. The van der Waals surface area contributed by atoms with Crippen LogP contribution < -0.4 is 10.5 Å². The fourth-order valence-corrected chi connectivity index (χ4v) is 2.51. The number of hydrogen-bond acceptors (Lipinski definition) is 4. The van der Waals surface area contributed by atoms with E-state index in [4.69, 9.17) is 10.8 Å². The van der Waals surface area contributed by atoms with E-state index in [1.54, 1.807) is 12.1 Å². The molecule has 92 valence electrons. The van der Waals surface area contributed by atoms with Crippen LogP contribution in [0.4, 0.5) is 0 Å². The Morgan fingerprint density at radius 2 is 1.82 bits per heavy atom. The lowest BCUT2D eigenvalue weighted by atomic mass is 10.1.